The zero-order valence-corrected chi connectivity index (χ0v) is 8.64. The lowest BCUT2D eigenvalue weighted by molar-refractivity contribution is 0.0999. The van der Waals surface area contributed by atoms with Gasteiger partial charge in [-0.3, -0.25) is 9.59 Å². The Bertz CT molecular complexity index is 589. The minimum Gasteiger partial charge on any atom is -0.453 e. The zero-order valence-electron chi connectivity index (χ0n) is 8.64. The highest BCUT2D eigenvalue weighted by Gasteiger charge is 2.10. The number of benzene rings is 1. The van der Waals surface area contributed by atoms with Crippen molar-refractivity contribution in [3.63, 3.8) is 0 Å². The van der Waals surface area contributed by atoms with Crippen LogP contribution in [-0.4, -0.2) is 12.2 Å². The van der Waals surface area contributed by atoms with Crippen molar-refractivity contribution in [2.75, 3.05) is 0 Å². The fraction of sp³-hybridized carbons (Fsp3) is 0. The molecule has 0 aliphatic heterocycles. The van der Waals surface area contributed by atoms with E-state index in [9.17, 15) is 14.0 Å². The average Bonchev–Trinajstić information content (AvgIpc) is 2.76. The maximum Gasteiger partial charge on any atom is 0.248 e. The number of primary amides is 1. The lowest BCUT2D eigenvalue weighted by atomic mass is 10.1. The maximum atomic E-state index is 13.2. The number of carbonyl (C=O) groups is 2. The summed E-state index contributed by atoms with van der Waals surface area (Å²) in [4.78, 5) is 21.4. The maximum absolute atomic E-state index is 13.2. The van der Waals surface area contributed by atoms with Crippen molar-refractivity contribution in [3.8, 4) is 11.3 Å². The summed E-state index contributed by atoms with van der Waals surface area (Å²) in [5.74, 6) is -0.896. The van der Waals surface area contributed by atoms with Crippen LogP contribution in [-0.2, 0) is 0 Å². The first-order chi connectivity index (χ1) is 8.10. The molecule has 5 heteroatoms. The summed E-state index contributed by atoms with van der Waals surface area (Å²) in [6, 6.07) is 6.61. The molecule has 1 amide bonds. The van der Waals surface area contributed by atoms with E-state index in [-0.39, 0.29) is 11.3 Å². The minimum atomic E-state index is -0.729. The highest BCUT2D eigenvalue weighted by atomic mass is 19.1. The summed E-state index contributed by atoms with van der Waals surface area (Å²) >= 11 is 0. The van der Waals surface area contributed by atoms with Crippen molar-refractivity contribution in [1.82, 2.24) is 0 Å². The van der Waals surface area contributed by atoms with Gasteiger partial charge in [-0.1, -0.05) is 0 Å². The number of carbonyl (C=O) groups excluding carboxylic acids is 2. The van der Waals surface area contributed by atoms with Crippen molar-refractivity contribution >= 4 is 12.2 Å². The Morgan fingerprint density at radius 3 is 2.65 bits per heavy atom. The summed E-state index contributed by atoms with van der Waals surface area (Å²) in [5, 5.41) is 0. The number of furan rings is 1. The lowest BCUT2D eigenvalue weighted by Crippen LogP contribution is -2.11. The molecule has 86 valence electrons. The fourth-order valence-corrected chi connectivity index (χ4v) is 1.45. The van der Waals surface area contributed by atoms with Gasteiger partial charge in [0, 0.05) is 11.1 Å². The van der Waals surface area contributed by atoms with Gasteiger partial charge in [0.05, 0.1) is 0 Å². The predicted octanol–water partition coefficient (Wildman–Crippen LogP) is 2.00. The highest BCUT2D eigenvalue weighted by molar-refractivity contribution is 5.94. The van der Waals surface area contributed by atoms with E-state index in [4.69, 9.17) is 10.2 Å². The van der Waals surface area contributed by atoms with Crippen molar-refractivity contribution in [2.45, 2.75) is 0 Å². The van der Waals surface area contributed by atoms with Crippen LogP contribution >= 0.6 is 0 Å². The minimum absolute atomic E-state index is 0.0454. The Kier molecular flexibility index (Phi) is 2.74. The highest BCUT2D eigenvalue weighted by Crippen LogP contribution is 2.23. The van der Waals surface area contributed by atoms with E-state index < -0.39 is 11.7 Å². The molecule has 0 atom stereocenters. The van der Waals surface area contributed by atoms with Crippen LogP contribution in [0.2, 0.25) is 0 Å². The second-order valence-corrected chi connectivity index (χ2v) is 3.41. The largest absolute Gasteiger partial charge is 0.453 e. The zero-order chi connectivity index (χ0) is 12.4. The summed E-state index contributed by atoms with van der Waals surface area (Å²) in [7, 11) is 0. The van der Waals surface area contributed by atoms with Crippen LogP contribution in [0.4, 0.5) is 4.39 Å². The van der Waals surface area contributed by atoms with Crippen molar-refractivity contribution < 1.29 is 18.4 Å². The van der Waals surface area contributed by atoms with Gasteiger partial charge in [-0.25, -0.2) is 4.39 Å². The number of halogens is 1. The summed E-state index contributed by atoms with van der Waals surface area (Å²) < 4.78 is 18.4. The van der Waals surface area contributed by atoms with Gasteiger partial charge in [0.15, 0.2) is 12.0 Å². The first kappa shape index (κ1) is 11.1. The molecule has 0 aliphatic rings. The molecule has 2 rings (SSSR count). The van der Waals surface area contributed by atoms with Gasteiger partial charge < -0.3 is 10.2 Å². The van der Waals surface area contributed by atoms with Crippen molar-refractivity contribution in [2.24, 2.45) is 5.73 Å². The molecule has 0 radical (unpaired) electrons. The Morgan fingerprint density at radius 2 is 2.06 bits per heavy atom. The van der Waals surface area contributed by atoms with E-state index in [1.807, 2.05) is 0 Å². The van der Waals surface area contributed by atoms with E-state index in [2.05, 4.69) is 0 Å². The van der Waals surface area contributed by atoms with Crippen LogP contribution in [0, 0.1) is 5.82 Å². The second-order valence-electron chi connectivity index (χ2n) is 3.41. The number of amides is 1. The Labute approximate surface area is 95.8 Å². The standard InChI is InChI=1S/C12H8FNO3/c13-9-4-7(3-8(5-9)12(14)16)11-2-1-10(6-15)17-11/h1-6H,(H2,14,16). The molecule has 1 aromatic heterocycles. The van der Waals surface area contributed by atoms with Crippen LogP contribution in [0.25, 0.3) is 11.3 Å². The first-order valence-electron chi connectivity index (χ1n) is 4.76. The molecule has 1 heterocycles. The normalized spacial score (nSPS) is 10.2. The van der Waals surface area contributed by atoms with E-state index in [0.29, 0.717) is 17.6 Å². The molecular weight excluding hydrogens is 225 g/mol. The van der Waals surface area contributed by atoms with E-state index >= 15 is 0 Å². The summed E-state index contributed by atoms with van der Waals surface area (Å²) in [6.45, 7) is 0. The Balaban J connectivity index is 2.51. The molecule has 4 nitrogen and oxygen atoms in total. The average molecular weight is 233 g/mol. The molecule has 0 fully saturated rings. The van der Waals surface area contributed by atoms with Gasteiger partial charge >= 0.3 is 0 Å². The quantitative estimate of drug-likeness (QED) is 0.824. The van der Waals surface area contributed by atoms with E-state index in [0.717, 1.165) is 6.07 Å². The number of nitrogens with two attached hydrogens (primary N) is 1. The number of rotatable bonds is 3. The molecule has 0 saturated carbocycles. The predicted molar refractivity (Wildman–Crippen MR) is 58.0 cm³/mol. The van der Waals surface area contributed by atoms with Gasteiger partial charge in [-0.05, 0) is 30.3 Å². The van der Waals surface area contributed by atoms with Crippen LogP contribution in [0.15, 0.2) is 34.7 Å². The number of hydrogen-bond donors (Lipinski definition) is 1. The van der Waals surface area contributed by atoms with Gasteiger partial charge in [0.25, 0.3) is 0 Å². The lowest BCUT2D eigenvalue weighted by Gasteiger charge is -2.01. The van der Waals surface area contributed by atoms with Gasteiger partial charge in [0.2, 0.25) is 5.91 Å². The topological polar surface area (TPSA) is 73.3 Å². The van der Waals surface area contributed by atoms with Crippen LogP contribution in [0.1, 0.15) is 20.9 Å². The molecule has 0 aliphatic carbocycles. The molecular formula is C12H8FNO3. The first-order valence-corrected chi connectivity index (χ1v) is 4.76. The summed E-state index contributed by atoms with van der Waals surface area (Å²) in [5.41, 5.74) is 5.47. The van der Waals surface area contributed by atoms with Crippen LogP contribution in [0.5, 0.6) is 0 Å². The third kappa shape index (κ3) is 2.23. The van der Waals surface area contributed by atoms with E-state index in [1.54, 1.807) is 0 Å². The molecule has 1 aromatic carbocycles. The molecule has 0 saturated heterocycles. The van der Waals surface area contributed by atoms with Crippen molar-refractivity contribution in [1.29, 1.82) is 0 Å². The SMILES string of the molecule is NC(=O)c1cc(F)cc(-c2ccc(C=O)o2)c1. The fourth-order valence-electron chi connectivity index (χ4n) is 1.45. The van der Waals surface area contributed by atoms with E-state index in [1.165, 1.54) is 24.3 Å². The second kappa shape index (κ2) is 4.21. The molecule has 2 aromatic rings. The Morgan fingerprint density at radius 1 is 1.29 bits per heavy atom. The van der Waals surface area contributed by atoms with Gasteiger partial charge in [-0.2, -0.15) is 0 Å². The third-order valence-electron chi connectivity index (χ3n) is 2.21. The van der Waals surface area contributed by atoms with Crippen molar-refractivity contribution in [3.05, 3.63) is 47.5 Å². The van der Waals surface area contributed by atoms with Gasteiger partial charge in [0.1, 0.15) is 11.6 Å². The molecule has 2 N–H and O–H groups in total. The monoisotopic (exact) mass is 233 g/mol. The number of hydrogen-bond acceptors (Lipinski definition) is 3. The smallest absolute Gasteiger partial charge is 0.248 e. The van der Waals surface area contributed by atoms with Gasteiger partial charge in [-0.15, -0.1) is 0 Å². The number of aldehydes is 1. The molecule has 17 heavy (non-hydrogen) atoms. The summed E-state index contributed by atoms with van der Waals surface area (Å²) in [6.07, 6.45) is 0.539. The molecule has 0 bridgehead atoms. The molecule has 0 spiro atoms. The Hall–Kier alpha value is -2.43. The van der Waals surface area contributed by atoms with Crippen LogP contribution in [0.3, 0.4) is 0 Å². The third-order valence-corrected chi connectivity index (χ3v) is 2.21. The molecule has 0 unspecified atom stereocenters. The van der Waals surface area contributed by atoms with Crippen LogP contribution < -0.4 is 5.73 Å².